The van der Waals surface area contributed by atoms with Gasteiger partial charge in [-0.2, -0.15) is 0 Å². The standard InChI is InChI=1S/C20H30O4/c1-11(2)12-9-13-14(24-5)10-15-19(3,4)7-6-8-20(15,23)16(13)18(22)17(12)21/h9,11,14-15,21-23H,6-8,10H2,1-5H3/t14-,15-,20+/m0/s1. The van der Waals surface area contributed by atoms with Crippen LogP contribution in [0.2, 0.25) is 0 Å². The number of ether oxygens (including phenoxy) is 1. The van der Waals surface area contributed by atoms with Crippen LogP contribution in [0.15, 0.2) is 6.07 Å². The fourth-order valence-electron chi connectivity index (χ4n) is 5.03. The normalized spacial score (nSPS) is 31.6. The molecule has 3 atom stereocenters. The van der Waals surface area contributed by atoms with Gasteiger partial charge in [0.1, 0.15) is 0 Å². The quantitative estimate of drug-likeness (QED) is 0.704. The SMILES string of the molecule is CO[C@H]1C[C@H]2C(C)(C)CCC[C@]2(O)c2c1cc(C(C)C)c(O)c2O. The largest absolute Gasteiger partial charge is 0.504 e. The number of aliphatic hydroxyl groups is 1. The van der Waals surface area contributed by atoms with E-state index in [1.165, 1.54) is 0 Å². The molecule has 0 saturated heterocycles. The third-order valence-corrected chi connectivity index (χ3v) is 6.37. The number of methoxy groups -OCH3 is 1. The number of aromatic hydroxyl groups is 2. The Bertz CT molecular complexity index is 650. The summed E-state index contributed by atoms with van der Waals surface area (Å²) in [5, 5.41) is 32.9. The molecule has 0 radical (unpaired) electrons. The Morgan fingerprint density at radius 2 is 1.83 bits per heavy atom. The fraction of sp³-hybridized carbons (Fsp3) is 0.700. The van der Waals surface area contributed by atoms with Crippen molar-refractivity contribution in [2.45, 2.75) is 71.0 Å². The first-order chi connectivity index (χ1) is 11.1. The average Bonchev–Trinajstić information content (AvgIpc) is 2.49. The molecule has 1 saturated carbocycles. The Morgan fingerprint density at radius 1 is 1.17 bits per heavy atom. The second-order valence-corrected chi connectivity index (χ2v) is 8.56. The second kappa shape index (κ2) is 5.63. The summed E-state index contributed by atoms with van der Waals surface area (Å²) in [4.78, 5) is 0. The zero-order chi connectivity index (χ0) is 17.9. The van der Waals surface area contributed by atoms with Crippen LogP contribution in [-0.4, -0.2) is 22.4 Å². The minimum Gasteiger partial charge on any atom is -0.504 e. The Balaban J connectivity index is 2.28. The lowest BCUT2D eigenvalue weighted by Crippen LogP contribution is -2.50. The Hall–Kier alpha value is -1.26. The molecule has 24 heavy (non-hydrogen) atoms. The Morgan fingerprint density at radius 3 is 2.42 bits per heavy atom. The molecule has 1 fully saturated rings. The smallest absolute Gasteiger partial charge is 0.164 e. The van der Waals surface area contributed by atoms with E-state index in [1.807, 2.05) is 19.9 Å². The van der Waals surface area contributed by atoms with Crippen molar-refractivity contribution in [1.82, 2.24) is 0 Å². The van der Waals surface area contributed by atoms with Crippen LogP contribution >= 0.6 is 0 Å². The van der Waals surface area contributed by atoms with E-state index in [1.54, 1.807) is 7.11 Å². The van der Waals surface area contributed by atoms with Crippen molar-refractivity contribution in [2.75, 3.05) is 7.11 Å². The molecular formula is C20H30O4. The molecule has 0 amide bonds. The van der Waals surface area contributed by atoms with Gasteiger partial charge in [0.05, 0.1) is 11.7 Å². The minimum atomic E-state index is -1.11. The molecule has 0 bridgehead atoms. The van der Waals surface area contributed by atoms with E-state index in [4.69, 9.17) is 4.74 Å². The molecule has 0 spiro atoms. The van der Waals surface area contributed by atoms with Crippen molar-refractivity contribution in [3.8, 4) is 11.5 Å². The molecule has 2 aliphatic carbocycles. The number of hydrogen-bond acceptors (Lipinski definition) is 4. The molecule has 3 rings (SSSR count). The molecule has 134 valence electrons. The topological polar surface area (TPSA) is 69.9 Å². The number of phenolic OH excluding ortho intramolecular Hbond substituents is 2. The van der Waals surface area contributed by atoms with Crippen molar-refractivity contribution < 1.29 is 20.1 Å². The van der Waals surface area contributed by atoms with Crippen LogP contribution in [0.25, 0.3) is 0 Å². The maximum atomic E-state index is 11.6. The van der Waals surface area contributed by atoms with E-state index >= 15 is 0 Å². The number of benzene rings is 1. The molecule has 1 aromatic carbocycles. The average molecular weight is 334 g/mol. The molecule has 0 heterocycles. The molecule has 1 aromatic rings. The van der Waals surface area contributed by atoms with Gasteiger partial charge < -0.3 is 20.1 Å². The van der Waals surface area contributed by atoms with Crippen LogP contribution in [0.1, 0.15) is 82.1 Å². The van der Waals surface area contributed by atoms with Gasteiger partial charge in [-0.05, 0) is 54.6 Å². The van der Waals surface area contributed by atoms with Gasteiger partial charge in [0, 0.05) is 18.2 Å². The first-order valence-electron chi connectivity index (χ1n) is 8.98. The maximum absolute atomic E-state index is 11.6. The lowest BCUT2D eigenvalue weighted by Gasteiger charge is -2.54. The first kappa shape index (κ1) is 17.6. The Kier molecular flexibility index (Phi) is 4.12. The summed E-state index contributed by atoms with van der Waals surface area (Å²) < 4.78 is 5.73. The van der Waals surface area contributed by atoms with Gasteiger partial charge >= 0.3 is 0 Å². The van der Waals surface area contributed by atoms with Crippen molar-refractivity contribution in [3.63, 3.8) is 0 Å². The summed E-state index contributed by atoms with van der Waals surface area (Å²) in [6.07, 6.45) is 3.12. The van der Waals surface area contributed by atoms with E-state index in [0.717, 1.165) is 24.8 Å². The monoisotopic (exact) mass is 334 g/mol. The summed E-state index contributed by atoms with van der Waals surface area (Å²) in [5.74, 6) is -0.195. The van der Waals surface area contributed by atoms with Gasteiger partial charge in [0.25, 0.3) is 0 Å². The van der Waals surface area contributed by atoms with E-state index < -0.39 is 5.60 Å². The lowest BCUT2D eigenvalue weighted by molar-refractivity contribution is -0.140. The number of fused-ring (bicyclic) bond motifs is 3. The van der Waals surface area contributed by atoms with Crippen molar-refractivity contribution in [3.05, 3.63) is 22.8 Å². The maximum Gasteiger partial charge on any atom is 0.164 e. The molecular weight excluding hydrogens is 304 g/mol. The Labute approximate surface area is 144 Å². The highest BCUT2D eigenvalue weighted by Crippen LogP contribution is 2.61. The van der Waals surface area contributed by atoms with Crippen LogP contribution in [-0.2, 0) is 10.3 Å². The van der Waals surface area contributed by atoms with Crippen LogP contribution in [0.4, 0.5) is 0 Å². The molecule has 0 aromatic heterocycles. The molecule has 4 heteroatoms. The predicted molar refractivity (Wildman–Crippen MR) is 93.2 cm³/mol. The summed E-state index contributed by atoms with van der Waals surface area (Å²) in [6.45, 7) is 8.32. The van der Waals surface area contributed by atoms with Gasteiger partial charge in [0.2, 0.25) is 0 Å². The third-order valence-electron chi connectivity index (χ3n) is 6.37. The highest BCUT2D eigenvalue weighted by Gasteiger charge is 2.55. The number of rotatable bonds is 2. The van der Waals surface area contributed by atoms with Crippen LogP contribution in [0.3, 0.4) is 0 Å². The zero-order valence-electron chi connectivity index (χ0n) is 15.4. The number of phenols is 2. The van der Waals surface area contributed by atoms with Crippen LogP contribution in [0, 0.1) is 11.3 Å². The molecule has 0 aliphatic heterocycles. The summed E-state index contributed by atoms with van der Waals surface area (Å²) >= 11 is 0. The summed E-state index contributed by atoms with van der Waals surface area (Å²) in [5.41, 5.74) is 0.863. The first-order valence-corrected chi connectivity index (χ1v) is 8.98. The van der Waals surface area contributed by atoms with E-state index in [9.17, 15) is 15.3 Å². The van der Waals surface area contributed by atoms with Gasteiger partial charge in [0.15, 0.2) is 11.5 Å². The highest BCUT2D eigenvalue weighted by atomic mass is 16.5. The van der Waals surface area contributed by atoms with Gasteiger partial charge in [-0.25, -0.2) is 0 Å². The lowest BCUT2D eigenvalue weighted by atomic mass is 9.54. The third kappa shape index (κ3) is 2.34. The molecule has 4 nitrogen and oxygen atoms in total. The van der Waals surface area contributed by atoms with Gasteiger partial charge in [-0.1, -0.05) is 27.7 Å². The molecule has 0 unspecified atom stereocenters. The number of hydrogen-bond donors (Lipinski definition) is 3. The van der Waals surface area contributed by atoms with Gasteiger partial charge in [-0.15, -0.1) is 0 Å². The highest BCUT2D eigenvalue weighted by molar-refractivity contribution is 5.59. The minimum absolute atomic E-state index is 0.00796. The van der Waals surface area contributed by atoms with Crippen molar-refractivity contribution in [2.24, 2.45) is 11.3 Å². The van der Waals surface area contributed by atoms with Crippen molar-refractivity contribution in [1.29, 1.82) is 0 Å². The van der Waals surface area contributed by atoms with E-state index in [0.29, 0.717) is 17.5 Å². The zero-order valence-corrected chi connectivity index (χ0v) is 15.4. The van der Waals surface area contributed by atoms with Crippen LogP contribution < -0.4 is 0 Å². The van der Waals surface area contributed by atoms with Crippen LogP contribution in [0.5, 0.6) is 11.5 Å². The summed E-state index contributed by atoms with van der Waals surface area (Å²) in [6, 6.07) is 1.92. The van der Waals surface area contributed by atoms with Gasteiger partial charge in [-0.3, -0.25) is 0 Å². The molecule has 2 aliphatic rings. The second-order valence-electron chi connectivity index (χ2n) is 8.56. The predicted octanol–water partition coefficient (Wildman–Crippen LogP) is 4.33. The fourth-order valence-corrected chi connectivity index (χ4v) is 5.03. The summed E-state index contributed by atoms with van der Waals surface area (Å²) in [7, 11) is 1.67. The molecule has 3 N–H and O–H groups in total. The van der Waals surface area contributed by atoms with Crippen molar-refractivity contribution >= 4 is 0 Å². The van der Waals surface area contributed by atoms with E-state index in [2.05, 4.69) is 13.8 Å². The van der Waals surface area contributed by atoms with E-state index in [-0.39, 0.29) is 34.9 Å².